The standard InChI is InChI=1S/C19H21N3O.HI/c1-2-14-6-5-8-16(12-14)22-19(20)21-11-10-17-13-15-7-3-4-9-18(15)23-17;/h3-9,12-13H,2,10-11H2,1H3,(H3,20,21,22);1H. The van der Waals surface area contributed by atoms with Crippen LogP contribution in [0.4, 0.5) is 5.69 Å². The molecular weight excluding hydrogens is 413 g/mol. The van der Waals surface area contributed by atoms with Crippen LogP contribution in [-0.4, -0.2) is 12.5 Å². The number of para-hydroxylation sites is 1. The van der Waals surface area contributed by atoms with Crippen LogP contribution in [0.15, 0.2) is 64.0 Å². The number of nitrogens with two attached hydrogens (primary N) is 1. The van der Waals surface area contributed by atoms with Crippen LogP contribution in [0, 0.1) is 0 Å². The molecule has 0 saturated carbocycles. The Bertz CT molecular complexity index is 793. The third-order valence-electron chi connectivity index (χ3n) is 3.72. The quantitative estimate of drug-likeness (QED) is 0.350. The van der Waals surface area contributed by atoms with E-state index in [0.717, 1.165) is 35.3 Å². The number of fused-ring (bicyclic) bond motifs is 1. The van der Waals surface area contributed by atoms with Crippen LogP contribution in [0.3, 0.4) is 0 Å². The maximum absolute atomic E-state index is 5.94. The van der Waals surface area contributed by atoms with E-state index in [1.807, 2.05) is 36.4 Å². The average Bonchev–Trinajstić information content (AvgIpc) is 2.97. The molecule has 0 aliphatic carbocycles. The Kier molecular flexibility index (Phi) is 6.66. The lowest BCUT2D eigenvalue weighted by Gasteiger charge is -2.06. The molecule has 24 heavy (non-hydrogen) atoms. The van der Waals surface area contributed by atoms with Crippen LogP contribution in [-0.2, 0) is 12.8 Å². The summed E-state index contributed by atoms with van der Waals surface area (Å²) in [5, 5.41) is 4.25. The zero-order chi connectivity index (χ0) is 16.1. The van der Waals surface area contributed by atoms with Gasteiger partial charge in [0.05, 0.1) is 0 Å². The van der Waals surface area contributed by atoms with E-state index in [4.69, 9.17) is 10.2 Å². The Morgan fingerprint density at radius 1 is 1.12 bits per heavy atom. The second-order valence-electron chi connectivity index (χ2n) is 5.45. The minimum Gasteiger partial charge on any atom is -0.461 e. The van der Waals surface area contributed by atoms with Gasteiger partial charge < -0.3 is 15.5 Å². The van der Waals surface area contributed by atoms with Gasteiger partial charge in [0, 0.05) is 24.0 Å². The molecule has 0 atom stereocenters. The van der Waals surface area contributed by atoms with Crippen molar-refractivity contribution in [1.29, 1.82) is 0 Å². The minimum atomic E-state index is 0. The van der Waals surface area contributed by atoms with Gasteiger partial charge in [-0.3, -0.25) is 4.99 Å². The second-order valence-corrected chi connectivity index (χ2v) is 5.45. The fraction of sp³-hybridized carbons (Fsp3) is 0.211. The van der Waals surface area contributed by atoms with Gasteiger partial charge >= 0.3 is 0 Å². The monoisotopic (exact) mass is 435 g/mol. The second kappa shape index (κ2) is 8.73. The van der Waals surface area contributed by atoms with Gasteiger partial charge in [0.25, 0.3) is 0 Å². The number of benzene rings is 2. The lowest BCUT2D eigenvalue weighted by atomic mass is 10.1. The number of aliphatic imine (C=N–C) groups is 1. The van der Waals surface area contributed by atoms with E-state index in [9.17, 15) is 0 Å². The largest absolute Gasteiger partial charge is 0.461 e. The highest BCUT2D eigenvalue weighted by molar-refractivity contribution is 14.0. The Balaban J connectivity index is 0.00000208. The molecule has 0 unspecified atom stereocenters. The number of halogens is 1. The van der Waals surface area contributed by atoms with Gasteiger partial charge in [-0.25, -0.2) is 0 Å². The van der Waals surface area contributed by atoms with Crippen molar-refractivity contribution in [3.8, 4) is 0 Å². The van der Waals surface area contributed by atoms with Crippen molar-refractivity contribution in [3.63, 3.8) is 0 Å². The topological polar surface area (TPSA) is 63.5 Å². The van der Waals surface area contributed by atoms with Gasteiger partial charge in [-0.2, -0.15) is 0 Å². The smallest absolute Gasteiger partial charge is 0.193 e. The molecule has 0 aliphatic rings. The van der Waals surface area contributed by atoms with Crippen molar-refractivity contribution in [2.24, 2.45) is 10.7 Å². The van der Waals surface area contributed by atoms with Crippen molar-refractivity contribution in [2.45, 2.75) is 19.8 Å². The summed E-state index contributed by atoms with van der Waals surface area (Å²) in [6.07, 6.45) is 1.73. The third kappa shape index (κ3) is 4.74. The number of anilines is 1. The van der Waals surface area contributed by atoms with E-state index in [1.54, 1.807) is 0 Å². The molecule has 0 spiro atoms. The molecule has 0 radical (unpaired) electrons. The molecule has 0 aliphatic heterocycles. The molecule has 4 nitrogen and oxygen atoms in total. The first-order chi connectivity index (χ1) is 11.2. The molecule has 3 rings (SSSR count). The Labute approximate surface area is 159 Å². The van der Waals surface area contributed by atoms with E-state index >= 15 is 0 Å². The van der Waals surface area contributed by atoms with Crippen LogP contribution >= 0.6 is 24.0 Å². The molecule has 2 aromatic carbocycles. The van der Waals surface area contributed by atoms with Crippen molar-refractivity contribution in [3.05, 3.63) is 65.9 Å². The number of furan rings is 1. The first-order valence-electron chi connectivity index (χ1n) is 7.88. The zero-order valence-corrected chi connectivity index (χ0v) is 16.0. The first kappa shape index (κ1) is 18.3. The molecule has 0 saturated heterocycles. The molecule has 3 aromatic rings. The average molecular weight is 435 g/mol. The number of rotatable bonds is 5. The number of hydrogen-bond acceptors (Lipinski definition) is 2. The molecule has 0 bridgehead atoms. The van der Waals surface area contributed by atoms with E-state index in [-0.39, 0.29) is 24.0 Å². The van der Waals surface area contributed by atoms with Gasteiger partial charge in [-0.1, -0.05) is 37.3 Å². The molecule has 5 heteroatoms. The van der Waals surface area contributed by atoms with Crippen LogP contribution < -0.4 is 11.1 Å². The van der Waals surface area contributed by atoms with Crippen LogP contribution in [0.25, 0.3) is 11.0 Å². The van der Waals surface area contributed by atoms with E-state index in [0.29, 0.717) is 12.5 Å². The number of nitrogens with zero attached hydrogens (tertiary/aromatic N) is 1. The summed E-state index contributed by atoms with van der Waals surface area (Å²) in [5.74, 6) is 1.35. The first-order valence-corrected chi connectivity index (χ1v) is 7.88. The summed E-state index contributed by atoms with van der Waals surface area (Å²) in [5.41, 5.74) is 9.09. The molecule has 126 valence electrons. The van der Waals surface area contributed by atoms with Gasteiger partial charge in [-0.05, 0) is 36.2 Å². The number of guanidine groups is 1. The highest BCUT2D eigenvalue weighted by atomic mass is 127. The zero-order valence-electron chi connectivity index (χ0n) is 13.7. The maximum atomic E-state index is 5.94. The van der Waals surface area contributed by atoms with E-state index in [2.05, 4.69) is 35.4 Å². The van der Waals surface area contributed by atoms with Gasteiger partial charge in [0.2, 0.25) is 0 Å². The fourth-order valence-electron chi connectivity index (χ4n) is 2.50. The van der Waals surface area contributed by atoms with Crippen molar-refractivity contribution < 1.29 is 4.42 Å². The number of aryl methyl sites for hydroxylation is 1. The fourth-order valence-corrected chi connectivity index (χ4v) is 2.50. The molecular formula is C19H22IN3O. The van der Waals surface area contributed by atoms with E-state index < -0.39 is 0 Å². The van der Waals surface area contributed by atoms with Crippen LogP contribution in [0.2, 0.25) is 0 Å². The SMILES string of the molecule is CCc1cccc(NC(N)=NCCc2cc3ccccc3o2)c1.I. The third-order valence-corrected chi connectivity index (χ3v) is 3.72. The number of nitrogens with one attached hydrogen (secondary N) is 1. The maximum Gasteiger partial charge on any atom is 0.193 e. The molecule has 0 amide bonds. The summed E-state index contributed by atoms with van der Waals surface area (Å²) < 4.78 is 5.77. The Morgan fingerprint density at radius 2 is 1.96 bits per heavy atom. The molecule has 0 fully saturated rings. The lowest BCUT2D eigenvalue weighted by Crippen LogP contribution is -2.23. The van der Waals surface area contributed by atoms with Crippen LogP contribution in [0.5, 0.6) is 0 Å². The summed E-state index contributed by atoms with van der Waals surface area (Å²) in [6, 6.07) is 18.2. The van der Waals surface area contributed by atoms with Gasteiger partial charge in [-0.15, -0.1) is 24.0 Å². The summed E-state index contributed by atoms with van der Waals surface area (Å²) >= 11 is 0. The Morgan fingerprint density at radius 3 is 2.75 bits per heavy atom. The summed E-state index contributed by atoms with van der Waals surface area (Å²) in [4.78, 5) is 4.36. The van der Waals surface area contributed by atoms with E-state index in [1.165, 1.54) is 5.56 Å². The van der Waals surface area contributed by atoms with Crippen molar-refractivity contribution in [1.82, 2.24) is 0 Å². The Hall–Kier alpha value is -2.02. The molecule has 1 aromatic heterocycles. The highest BCUT2D eigenvalue weighted by Gasteiger charge is 2.02. The van der Waals surface area contributed by atoms with Gasteiger partial charge in [0.1, 0.15) is 11.3 Å². The lowest BCUT2D eigenvalue weighted by molar-refractivity contribution is 0.550. The molecule has 1 heterocycles. The summed E-state index contributed by atoms with van der Waals surface area (Å²) in [6.45, 7) is 2.72. The normalized spacial score (nSPS) is 11.3. The summed E-state index contributed by atoms with van der Waals surface area (Å²) in [7, 11) is 0. The number of hydrogen-bond donors (Lipinski definition) is 2. The predicted molar refractivity (Wildman–Crippen MR) is 111 cm³/mol. The van der Waals surface area contributed by atoms with Crippen molar-refractivity contribution in [2.75, 3.05) is 11.9 Å². The predicted octanol–water partition coefficient (Wildman–Crippen LogP) is 4.58. The molecule has 3 N–H and O–H groups in total. The van der Waals surface area contributed by atoms with Gasteiger partial charge in [0.15, 0.2) is 5.96 Å². The minimum absolute atomic E-state index is 0. The van der Waals surface area contributed by atoms with Crippen molar-refractivity contribution >= 4 is 46.6 Å². The highest BCUT2D eigenvalue weighted by Crippen LogP contribution is 2.19. The van der Waals surface area contributed by atoms with Crippen LogP contribution in [0.1, 0.15) is 18.2 Å².